The van der Waals surface area contributed by atoms with Crippen molar-refractivity contribution in [1.82, 2.24) is 0 Å². The van der Waals surface area contributed by atoms with Crippen LogP contribution in [0.4, 0.5) is 5.69 Å². The van der Waals surface area contributed by atoms with E-state index in [1.807, 2.05) is 19.1 Å². The molecule has 0 heterocycles. The van der Waals surface area contributed by atoms with Gasteiger partial charge in [0.15, 0.2) is 0 Å². The zero-order valence-corrected chi connectivity index (χ0v) is 11.0. The molecule has 4 nitrogen and oxygen atoms in total. The Labute approximate surface area is 107 Å². The Morgan fingerprint density at radius 3 is 2.64 bits per heavy atom. The Bertz CT molecular complexity index is 397. The number of rotatable bonds is 3. The summed E-state index contributed by atoms with van der Waals surface area (Å²) >= 11 is 0. The van der Waals surface area contributed by atoms with E-state index < -0.39 is 16.0 Å². The van der Waals surface area contributed by atoms with Gasteiger partial charge in [0.05, 0.1) is 0 Å². The Balaban J connectivity index is 0. The van der Waals surface area contributed by atoms with E-state index in [0.29, 0.717) is 5.69 Å². The average molecular weight is 225 g/mol. The van der Waals surface area contributed by atoms with E-state index in [0.717, 1.165) is 5.56 Å². The molecule has 1 aromatic carbocycles. The van der Waals surface area contributed by atoms with Crippen molar-refractivity contribution >= 4 is 15.8 Å². The van der Waals surface area contributed by atoms with Gasteiger partial charge in [-0.05, 0) is 24.6 Å². The van der Waals surface area contributed by atoms with Crippen LogP contribution in [0.15, 0.2) is 24.3 Å². The normalized spacial score (nSPS) is 10.4. The first kappa shape index (κ1) is 13.9. The molecule has 0 bridgehead atoms. The Kier molecular flexibility index (Phi) is 5.70. The number of aryl methyl sites for hydroxylation is 1. The molecule has 0 unspecified atom stereocenters. The number of hydrogen-bond donors (Lipinski definition) is 2. The monoisotopic (exact) mass is 225 g/mol. The minimum absolute atomic E-state index is 0. The molecule has 74 valence electrons. The van der Waals surface area contributed by atoms with Crippen LogP contribution in [0.25, 0.3) is 0 Å². The maximum atomic E-state index is 10.4. The standard InChI is InChI=1S/C8H11NO3S.Na.H/c1-7-3-2-4-8(5-7)9-6-13(10,11)12;;/h2-5,9H,6H2,1H3,(H,10,11,12);;/q;+1;-1. The third-order valence-electron chi connectivity index (χ3n) is 1.48. The van der Waals surface area contributed by atoms with E-state index >= 15 is 0 Å². The van der Waals surface area contributed by atoms with Crippen molar-refractivity contribution in [3.8, 4) is 0 Å². The molecule has 0 radical (unpaired) electrons. The van der Waals surface area contributed by atoms with E-state index in [2.05, 4.69) is 5.32 Å². The molecular formula is C8H12NNaO3S. The van der Waals surface area contributed by atoms with Gasteiger partial charge in [0.25, 0.3) is 10.1 Å². The molecule has 0 amide bonds. The molecule has 6 heteroatoms. The van der Waals surface area contributed by atoms with Gasteiger partial charge < -0.3 is 6.74 Å². The SMILES string of the molecule is Cc1cccc(NCS(=O)(=O)O)c1.[H-].[Na+]. The zero-order valence-electron chi connectivity index (χ0n) is 9.19. The van der Waals surface area contributed by atoms with Gasteiger partial charge in [-0.15, -0.1) is 0 Å². The Morgan fingerprint density at radius 2 is 2.14 bits per heavy atom. The Morgan fingerprint density at radius 1 is 1.50 bits per heavy atom. The van der Waals surface area contributed by atoms with Crippen molar-refractivity contribution in [2.45, 2.75) is 6.92 Å². The van der Waals surface area contributed by atoms with E-state index in [4.69, 9.17) is 4.55 Å². The quantitative estimate of drug-likeness (QED) is 0.479. The number of anilines is 1. The maximum Gasteiger partial charge on any atom is 1.00 e. The van der Waals surface area contributed by atoms with Gasteiger partial charge in [0.1, 0.15) is 5.88 Å². The van der Waals surface area contributed by atoms with Gasteiger partial charge in [-0.2, -0.15) is 8.42 Å². The van der Waals surface area contributed by atoms with Gasteiger partial charge in [-0.25, -0.2) is 0 Å². The zero-order chi connectivity index (χ0) is 9.90. The van der Waals surface area contributed by atoms with E-state index in [1.54, 1.807) is 12.1 Å². The van der Waals surface area contributed by atoms with Crippen LogP contribution in [-0.2, 0) is 10.1 Å². The number of nitrogens with one attached hydrogen (secondary N) is 1. The minimum atomic E-state index is -3.95. The van der Waals surface area contributed by atoms with Gasteiger partial charge in [0.2, 0.25) is 0 Å². The smallest absolute Gasteiger partial charge is 1.00 e. The first-order valence-corrected chi connectivity index (χ1v) is 5.34. The molecule has 0 aliphatic heterocycles. The molecular weight excluding hydrogens is 213 g/mol. The predicted molar refractivity (Wildman–Crippen MR) is 52.3 cm³/mol. The topological polar surface area (TPSA) is 66.4 Å². The molecule has 0 saturated carbocycles. The van der Waals surface area contributed by atoms with Crippen LogP contribution in [0.2, 0.25) is 0 Å². The second kappa shape index (κ2) is 5.72. The molecule has 0 saturated heterocycles. The fourth-order valence-electron chi connectivity index (χ4n) is 0.930. The van der Waals surface area contributed by atoms with Crippen molar-refractivity contribution in [2.75, 3.05) is 11.2 Å². The predicted octanol–water partition coefficient (Wildman–Crippen LogP) is -1.63. The van der Waals surface area contributed by atoms with Gasteiger partial charge in [0, 0.05) is 5.69 Å². The van der Waals surface area contributed by atoms with Gasteiger partial charge in [-0.3, -0.25) is 4.55 Å². The summed E-state index contributed by atoms with van der Waals surface area (Å²) in [6.45, 7) is 1.90. The van der Waals surface area contributed by atoms with E-state index in [1.165, 1.54) is 0 Å². The molecule has 0 spiro atoms. The summed E-state index contributed by atoms with van der Waals surface area (Å²) in [5, 5.41) is 2.59. The molecule has 0 aliphatic carbocycles. The molecule has 1 aromatic rings. The first-order chi connectivity index (χ1) is 5.97. The Hall–Kier alpha value is -0.0700. The fraction of sp³-hybridized carbons (Fsp3) is 0.250. The van der Waals surface area contributed by atoms with Crippen LogP contribution < -0.4 is 34.9 Å². The molecule has 0 atom stereocenters. The van der Waals surface area contributed by atoms with E-state index in [9.17, 15) is 8.42 Å². The van der Waals surface area contributed by atoms with E-state index in [-0.39, 0.29) is 31.0 Å². The first-order valence-electron chi connectivity index (χ1n) is 3.73. The van der Waals surface area contributed by atoms with Crippen molar-refractivity contribution in [2.24, 2.45) is 0 Å². The van der Waals surface area contributed by atoms with Crippen molar-refractivity contribution < 1.29 is 44.0 Å². The summed E-state index contributed by atoms with van der Waals surface area (Å²) in [5.74, 6) is -0.462. The molecule has 1 rings (SSSR count). The van der Waals surface area contributed by atoms with Crippen LogP contribution in [0, 0.1) is 6.92 Å². The molecule has 0 fully saturated rings. The summed E-state index contributed by atoms with van der Waals surface area (Å²) in [6.07, 6.45) is 0. The second-order valence-corrected chi connectivity index (χ2v) is 4.23. The maximum absolute atomic E-state index is 10.4. The summed E-state index contributed by atoms with van der Waals surface area (Å²) in [5.41, 5.74) is 1.71. The van der Waals surface area contributed by atoms with Crippen molar-refractivity contribution in [3.05, 3.63) is 29.8 Å². The van der Waals surface area contributed by atoms with Crippen molar-refractivity contribution in [1.29, 1.82) is 0 Å². The summed E-state index contributed by atoms with van der Waals surface area (Å²) < 4.78 is 29.2. The average Bonchev–Trinajstić information content (AvgIpc) is 2.00. The van der Waals surface area contributed by atoms with Crippen LogP contribution in [0.3, 0.4) is 0 Å². The summed E-state index contributed by atoms with van der Waals surface area (Å²) in [7, 11) is -3.95. The summed E-state index contributed by atoms with van der Waals surface area (Å²) in [6, 6.07) is 7.24. The number of benzene rings is 1. The van der Waals surface area contributed by atoms with Gasteiger partial charge in [-0.1, -0.05) is 12.1 Å². The van der Waals surface area contributed by atoms with Crippen molar-refractivity contribution in [3.63, 3.8) is 0 Å². The molecule has 2 N–H and O–H groups in total. The number of hydrogen-bond acceptors (Lipinski definition) is 3. The largest absolute Gasteiger partial charge is 1.00 e. The molecule has 14 heavy (non-hydrogen) atoms. The third kappa shape index (κ3) is 5.62. The second-order valence-electron chi connectivity index (χ2n) is 2.77. The fourth-order valence-corrected chi connectivity index (χ4v) is 1.28. The summed E-state index contributed by atoms with van der Waals surface area (Å²) in [4.78, 5) is 0. The van der Waals surface area contributed by atoms with Crippen LogP contribution in [0.1, 0.15) is 6.99 Å². The third-order valence-corrected chi connectivity index (χ3v) is 1.99. The molecule has 0 aliphatic rings. The van der Waals surface area contributed by atoms with Crippen LogP contribution in [0.5, 0.6) is 0 Å². The minimum Gasteiger partial charge on any atom is -1.00 e. The van der Waals surface area contributed by atoms with Gasteiger partial charge >= 0.3 is 29.6 Å². The van der Waals surface area contributed by atoms with Crippen LogP contribution in [-0.4, -0.2) is 18.8 Å². The molecule has 0 aromatic heterocycles. The van der Waals surface area contributed by atoms with Crippen LogP contribution >= 0.6 is 0 Å².